The number of rotatable bonds is 4. The van der Waals surface area contributed by atoms with Crippen molar-refractivity contribution in [3.05, 3.63) is 47.7 Å². The molecular weight excluding hydrogens is 258 g/mol. The standard InChI is InChI=1S/C15H13NO4/c1-19-12-5-3-10(4-6-12)14(18)13-15(20-2)11(9-17)7-8-16-13/h3-8,15H,1-2H3. The summed E-state index contributed by atoms with van der Waals surface area (Å²) in [5.74, 6) is 2.12. The molecular formula is C15H13NO4. The molecule has 1 aromatic rings. The van der Waals surface area contributed by atoms with Gasteiger partial charge >= 0.3 is 0 Å². The molecule has 0 aliphatic carbocycles. The first-order valence-electron chi connectivity index (χ1n) is 5.92. The van der Waals surface area contributed by atoms with Crippen molar-refractivity contribution in [2.24, 2.45) is 4.99 Å². The maximum Gasteiger partial charge on any atom is 0.210 e. The fraction of sp³-hybridized carbons (Fsp3) is 0.200. The highest BCUT2D eigenvalue weighted by atomic mass is 16.5. The lowest BCUT2D eigenvalue weighted by Crippen LogP contribution is -2.33. The quantitative estimate of drug-likeness (QED) is 0.616. The highest BCUT2D eigenvalue weighted by molar-refractivity contribution is 6.48. The van der Waals surface area contributed by atoms with Crippen LogP contribution in [0.25, 0.3) is 0 Å². The van der Waals surface area contributed by atoms with E-state index in [2.05, 4.69) is 4.99 Å². The molecule has 1 aliphatic heterocycles. The highest BCUT2D eigenvalue weighted by Crippen LogP contribution is 2.18. The average molecular weight is 271 g/mol. The van der Waals surface area contributed by atoms with Crippen molar-refractivity contribution in [3.63, 3.8) is 0 Å². The summed E-state index contributed by atoms with van der Waals surface area (Å²) in [6, 6.07) is 6.65. The van der Waals surface area contributed by atoms with E-state index in [4.69, 9.17) is 9.47 Å². The van der Waals surface area contributed by atoms with Crippen LogP contribution in [-0.4, -0.2) is 37.8 Å². The number of hydrogen-bond donors (Lipinski definition) is 0. The van der Waals surface area contributed by atoms with Gasteiger partial charge in [0.2, 0.25) is 5.78 Å². The van der Waals surface area contributed by atoms with Gasteiger partial charge in [0, 0.05) is 18.9 Å². The van der Waals surface area contributed by atoms with Gasteiger partial charge in [-0.25, -0.2) is 4.79 Å². The molecule has 0 radical (unpaired) electrons. The number of ether oxygens (including phenoxy) is 2. The van der Waals surface area contributed by atoms with Gasteiger partial charge in [-0.2, -0.15) is 0 Å². The first-order valence-corrected chi connectivity index (χ1v) is 5.92. The smallest absolute Gasteiger partial charge is 0.210 e. The van der Waals surface area contributed by atoms with Crippen molar-refractivity contribution in [1.82, 2.24) is 0 Å². The number of carbonyl (C=O) groups excluding carboxylic acids is 2. The Balaban J connectivity index is 2.33. The Morgan fingerprint density at radius 3 is 2.50 bits per heavy atom. The van der Waals surface area contributed by atoms with Crippen LogP contribution in [0.4, 0.5) is 0 Å². The molecule has 1 aromatic carbocycles. The lowest BCUT2D eigenvalue weighted by atomic mass is 9.96. The third kappa shape index (κ3) is 2.59. The molecule has 20 heavy (non-hydrogen) atoms. The Bertz CT molecular complexity index is 622. The highest BCUT2D eigenvalue weighted by Gasteiger charge is 2.28. The molecule has 0 amide bonds. The number of carbonyl (C=O) groups is 1. The molecule has 5 heteroatoms. The van der Waals surface area contributed by atoms with Crippen molar-refractivity contribution >= 4 is 17.4 Å². The number of ketones is 1. The van der Waals surface area contributed by atoms with E-state index in [9.17, 15) is 9.59 Å². The second-order valence-corrected chi connectivity index (χ2v) is 4.06. The van der Waals surface area contributed by atoms with Crippen LogP contribution in [0.2, 0.25) is 0 Å². The SMILES string of the molecule is COc1ccc(C(=O)C2=NC=CC(=C=O)C2OC)cc1. The monoisotopic (exact) mass is 271 g/mol. The van der Waals surface area contributed by atoms with Gasteiger partial charge in [0.25, 0.3) is 0 Å². The number of benzene rings is 1. The molecule has 0 spiro atoms. The second kappa shape index (κ2) is 6.10. The largest absolute Gasteiger partial charge is 0.497 e. The van der Waals surface area contributed by atoms with E-state index >= 15 is 0 Å². The predicted molar refractivity (Wildman–Crippen MR) is 73.9 cm³/mol. The zero-order chi connectivity index (χ0) is 14.5. The summed E-state index contributed by atoms with van der Waals surface area (Å²) in [5.41, 5.74) is 0.866. The van der Waals surface area contributed by atoms with Crippen LogP contribution < -0.4 is 4.74 Å². The van der Waals surface area contributed by atoms with Gasteiger partial charge in [-0.05, 0) is 30.3 Å². The van der Waals surface area contributed by atoms with Crippen LogP contribution in [0.15, 0.2) is 47.1 Å². The Labute approximate surface area is 116 Å². The van der Waals surface area contributed by atoms with Crippen molar-refractivity contribution in [2.75, 3.05) is 14.2 Å². The minimum Gasteiger partial charge on any atom is -0.497 e. The molecule has 0 fully saturated rings. The second-order valence-electron chi connectivity index (χ2n) is 4.06. The fourth-order valence-electron chi connectivity index (χ4n) is 1.89. The predicted octanol–water partition coefficient (Wildman–Crippen LogP) is 1.62. The Kier molecular flexibility index (Phi) is 4.25. The summed E-state index contributed by atoms with van der Waals surface area (Å²) in [7, 11) is 2.97. The number of hydrogen-bond acceptors (Lipinski definition) is 5. The van der Waals surface area contributed by atoms with E-state index in [0.29, 0.717) is 11.3 Å². The summed E-state index contributed by atoms with van der Waals surface area (Å²) in [5, 5.41) is 0. The van der Waals surface area contributed by atoms with Crippen LogP contribution in [0.3, 0.4) is 0 Å². The van der Waals surface area contributed by atoms with Gasteiger partial charge in [-0.3, -0.25) is 9.79 Å². The van der Waals surface area contributed by atoms with Gasteiger partial charge in [0.15, 0.2) is 0 Å². The first-order chi connectivity index (χ1) is 9.71. The minimum absolute atomic E-state index is 0.165. The molecule has 0 N–H and O–H groups in total. The van der Waals surface area contributed by atoms with Gasteiger partial charge in [-0.1, -0.05) is 0 Å². The molecule has 5 nitrogen and oxygen atoms in total. The molecule has 102 valence electrons. The Morgan fingerprint density at radius 2 is 1.95 bits per heavy atom. The maximum absolute atomic E-state index is 12.4. The van der Waals surface area contributed by atoms with Gasteiger partial charge in [0.1, 0.15) is 23.5 Å². The van der Waals surface area contributed by atoms with Gasteiger partial charge in [-0.15, -0.1) is 0 Å². The summed E-state index contributed by atoms with van der Waals surface area (Å²) in [6.07, 6.45) is 2.09. The summed E-state index contributed by atoms with van der Waals surface area (Å²) >= 11 is 0. The third-order valence-electron chi connectivity index (χ3n) is 2.94. The number of methoxy groups -OCH3 is 2. The van der Waals surface area contributed by atoms with Gasteiger partial charge in [0.05, 0.1) is 12.7 Å². The zero-order valence-electron chi connectivity index (χ0n) is 11.1. The molecule has 2 rings (SSSR count). The molecule has 0 saturated heterocycles. The maximum atomic E-state index is 12.4. The van der Waals surface area contributed by atoms with E-state index in [1.54, 1.807) is 37.3 Å². The van der Waals surface area contributed by atoms with E-state index < -0.39 is 6.10 Å². The molecule has 0 aromatic heterocycles. The van der Waals surface area contributed by atoms with E-state index in [0.717, 1.165) is 0 Å². The van der Waals surface area contributed by atoms with Crippen LogP contribution in [0, 0.1) is 0 Å². The topological polar surface area (TPSA) is 65.0 Å². The number of nitrogens with zero attached hydrogens (tertiary/aromatic N) is 1. The number of Topliss-reactive ketones (excluding diaryl/α,β-unsaturated/α-hetero) is 1. The molecule has 1 aliphatic rings. The third-order valence-corrected chi connectivity index (χ3v) is 2.94. The fourth-order valence-corrected chi connectivity index (χ4v) is 1.89. The van der Waals surface area contributed by atoms with Gasteiger partial charge < -0.3 is 9.47 Å². The van der Waals surface area contributed by atoms with Crippen LogP contribution in [0.5, 0.6) is 5.75 Å². The summed E-state index contributed by atoms with van der Waals surface area (Å²) in [6.45, 7) is 0. The van der Waals surface area contributed by atoms with E-state index in [1.807, 2.05) is 0 Å². The van der Waals surface area contributed by atoms with Crippen molar-refractivity contribution in [3.8, 4) is 5.75 Å². The normalized spacial score (nSPS) is 17.4. The molecule has 0 saturated carbocycles. The zero-order valence-corrected chi connectivity index (χ0v) is 11.1. The summed E-state index contributed by atoms with van der Waals surface area (Å²) in [4.78, 5) is 27.3. The van der Waals surface area contributed by atoms with Crippen LogP contribution >= 0.6 is 0 Å². The molecule has 1 atom stereocenters. The van der Waals surface area contributed by atoms with E-state index in [-0.39, 0.29) is 17.1 Å². The minimum atomic E-state index is -0.785. The molecule has 1 unspecified atom stereocenters. The van der Waals surface area contributed by atoms with E-state index in [1.165, 1.54) is 19.4 Å². The molecule has 1 heterocycles. The van der Waals surface area contributed by atoms with Crippen molar-refractivity contribution in [1.29, 1.82) is 0 Å². The van der Waals surface area contributed by atoms with Crippen molar-refractivity contribution in [2.45, 2.75) is 6.10 Å². The Morgan fingerprint density at radius 1 is 1.25 bits per heavy atom. The lowest BCUT2D eigenvalue weighted by molar-refractivity contribution is 0.104. The van der Waals surface area contributed by atoms with Crippen LogP contribution in [-0.2, 0) is 9.53 Å². The average Bonchev–Trinajstić information content (AvgIpc) is 2.53. The summed E-state index contributed by atoms with van der Waals surface area (Å²) < 4.78 is 10.2. The van der Waals surface area contributed by atoms with Crippen LogP contribution in [0.1, 0.15) is 10.4 Å². The number of aliphatic imine (C=N–C) groups is 1. The molecule has 0 bridgehead atoms. The Hall–Kier alpha value is -2.49. The first kappa shape index (κ1) is 13.9. The lowest BCUT2D eigenvalue weighted by Gasteiger charge is -2.18. The van der Waals surface area contributed by atoms with Crippen molar-refractivity contribution < 1.29 is 19.1 Å².